The lowest BCUT2D eigenvalue weighted by Gasteiger charge is -2.40. The number of aromatic amines is 1. The number of nitrogens with zero attached hydrogens (tertiary/aromatic N) is 3. The number of fused-ring (bicyclic) bond motifs is 1. The predicted molar refractivity (Wildman–Crippen MR) is 110 cm³/mol. The molecule has 0 spiro atoms. The van der Waals surface area contributed by atoms with Gasteiger partial charge in [0.2, 0.25) is 11.9 Å². The molecule has 1 aliphatic heterocycles. The molecule has 1 aliphatic rings. The fourth-order valence-electron chi connectivity index (χ4n) is 3.02. The zero-order valence-electron chi connectivity index (χ0n) is 17.8. The highest BCUT2D eigenvalue weighted by atomic mass is 28.4. The van der Waals surface area contributed by atoms with Gasteiger partial charge in [0.15, 0.2) is 25.7 Å². The van der Waals surface area contributed by atoms with Crippen molar-refractivity contribution in [1.29, 1.82) is 0 Å². The van der Waals surface area contributed by atoms with Gasteiger partial charge < -0.3 is 14.3 Å². The minimum Gasteiger partial charge on any atom is -0.407 e. The largest absolute Gasteiger partial charge is 0.407 e. The quantitative estimate of drug-likeness (QED) is 0.638. The number of aliphatic hydroxyl groups is 1. The van der Waals surface area contributed by atoms with Gasteiger partial charge in [0, 0.05) is 6.92 Å². The van der Waals surface area contributed by atoms with Crippen molar-refractivity contribution in [1.82, 2.24) is 19.5 Å². The van der Waals surface area contributed by atoms with Crippen LogP contribution in [0.1, 0.15) is 40.8 Å². The first-order valence-electron chi connectivity index (χ1n) is 9.57. The number of carbonyl (C=O) groups excluding carboxylic acids is 1. The van der Waals surface area contributed by atoms with E-state index in [2.05, 4.69) is 54.1 Å². The van der Waals surface area contributed by atoms with E-state index in [0.717, 1.165) is 0 Å². The van der Waals surface area contributed by atoms with Crippen molar-refractivity contribution in [2.75, 3.05) is 5.32 Å². The maximum Gasteiger partial charge on any atom is 0.280 e. The molecule has 1 fully saturated rings. The highest BCUT2D eigenvalue weighted by Crippen LogP contribution is 2.42. The van der Waals surface area contributed by atoms with Crippen molar-refractivity contribution in [3.63, 3.8) is 0 Å². The number of ether oxygens (including phenoxy) is 1. The van der Waals surface area contributed by atoms with Crippen LogP contribution in [0.2, 0.25) is 18.1 Å². The van der Waals surface area contributed by atoms with Crippen LogP contribution < -0.4 is 10.9 Å². The Labute approximate surface area is 169 Å². The fourth-order valence-corrected chi connectivity index (χ4v) is 4.31. The molecule has 2 aromatic rings. The lowest BCUT2D eigenvalue weighted by atomic mass is 10.1. The summed E-state index contributed by atoms with van der Waals surface area (Å²) in [7, 11) is -2.23. The van der Waals surface area contributed by atoms with Gasteiger partial charge in [-0.3, -0.25) is 24.5 Å². The molecule has 160 valence electrons. The molecule has 10 nitrogen and oxygen atoms in total. The summed E-state index contributed by atoms with van der Waals surface area (Å²) in [6.07, 6.45) is -1.22. The summed E-state index contributed by atoms with van der Waals surface area (Å²) in [6, 6.07) is 0. The number of amides is 1. The van der Waals surface area contributed by atoms with E-state index in [1.807, 2.05) is 0 Å². The molecule has 1 saturated heterocycles. The molecule has 3 heterocycles. The number of anilines is 1. The Morgan fingerprint density at radius 2 is 2.07 bits per heavy atom. The van der Waals surface area contributed by atoms with Gasteiger partial charge in [-0.1, -0.05) is 20.8 Å². The zero-order chi connectivity index (χ0) is 21.7. The second kappa shape index (κ2) is 7.31. The molecule has 0 saturated carbocycles. The minimum atomic E-state index is -2.23. The van der Waals surface area contributed by atoms with E-state index >= 15 is 0 Å². The van der Waals surface area contributed by atoms with Gasteiger partial charge in [0.1, 0.15) is 12.2 Å². The average molecular weight is 424 g/mol. The number of imidazole rings is 1. The van der Waals surface area contributed by atoms with Gasteiger partial charge in [-0.15, -0.1) is 0 Å². The molecule has 1 unspecified atom stereocenters. The van der Waals surface area contributed by atoms with Gasteiger partial charge in [-0.05, 0) is 25.1 Å². The van der Waals surface area contributed by atoms with Crippen LogP contribution >= 0.6 is 0 Å². The Hall–Kier alpha value is -2.08. The number of hydrogen-bond acceptors (Lipinski definition) is 7. The molecule has 0 radical (unpaired) electrons. The summed E-state index contributed by atoms with van der Waals surface area (Å²) in [5, 5.41) is 13.2. The number of carbonyl (C=O) groups is 1. The summed E-state index contributed by atoms with van der Waals surface area (Å²) in [5.41, 5.74) is -0.124. The van der Waals surface area contributed by atoms with E-state index in [1.165, 1.54) is 13.3 Å². The van der Waals surface area contributed by atoms with Gasteiger partial charge in [-0.2, -0.15) is 4.98 Å². The van der Waals surface area contributed by atoms with Crippen LogP contribution in [0.3, 0.4) is 0 Å². The second-order valence-electron chi connectivity index (χ2n) is 8.98. The maximum atomic E-state index is 12.3. The van der Waals surface area contributed by atoms with Crippen LogP contribution in [0.5, 0.6) is 0 Å². The van der Waals surface area contributed by atoms with Crippen molar-refractivity contribution < 1.29 is 19.1 Å². The van der Waals surface area contributed by atoms with E-state index < -0.39 is 38.4 Å². The van der Waals surface area contributed by atoms with Crippen LogP contribution in [0, 0.1) is 0 Å². The van der Waals surface area contributed by atoms with Crippen LogP contribution in [0.4, 0.5) is 5.95 Å². The van der Waals surface area contributed by atoms with Crippen LogP contribution in [0.15, 0.2) is 11.1 Å². The molecule has 0 bridgehead atoms. The van der Waals surface area contributed by atoms with Crippen LogP contribution in [0.25, 0.3) is 11.2 Å². The third-order valence-corrected chi connectivity index (χ3v) is 10.2. The minimum absolute atomic E-state index is 0.0187. The summed E-state index contributed by atoms with van der Waals surface area (Å²) in [5.74, 6) is -0.343. The highest BCUT2D eigenvalue weighted by Gasteiger charge is 2.49. The Balaban J connectivity index is 2.05. The number of hydrogen-bond donors (Lipinski definition) is 3. The second-order valence-corrected chi connectivity index (χ2v) is 13.7. The molecule has 3 N–H and O–H groups in total. The van der Waals surface area contributed by atoms with Gasteiger partial charge in [-0.25, -0.2) is 4.98 Å². The molecule has 4 atom stereocenters. The Morgan fingerprint density at radius 3 is 2.66 bits per heavy atom. The first-order chi connectivity index (χ1) is 13.3. The predicted octanol–water partition coefficient (Wildman–Crippen LogP) is 1.75. The van der Waals surface area contributed by atoms with Crippen LogP contribution in [-0.2, 0) is 14.0 Å². The van der Waals surface area contributed by atoms with Crippen molar-refractivity contribution in [3.05, 3.63) is 16.7 Å². The summed E-state index contributed by atoms with van der Waals surface area (Å²) in [4.78, 5) is 34.7. The third kappa shape index (κ3) is 3.99. The lowest BCUT2D eigenvalue weighted by Crippen LogP contribution is -2.48. The van der Waals surface area contributed by atoms with E-state index in [0.29, 0.717) is 0 Å². The maximum absolute atomic E-state index is 12.3. The van der Waals surface area contributed by atoms with Gasteiger partial charge >= 0.3 is 0 Å². The summed E-state index contributed by atoms with van der Waals surface area (Å²) in [6.45, 7) is 13.7. The van der Waals surface area contributed by atoms with Crippen molar-refractivity contribution in [2.24, 2.45) is 0 Å². The SMILES string of the molecule is CC(=O)Nc1nc2c(ncn2[C@@H]2O[C@H](C)C(O)[C@@H]2O[Si](C)(C)C(C)(C)C)c(=O)[nH]1. The smallest absolute Gasteiger partial charge is 0.280 e. The molecule has 1 amide bonds. The fraction of sp³-hybridized carbons (Fsp3) is 0.667. The number of rotatable bonds is 4. The van der Waals surface area contributed by atoms with Gasteiger partial charge in [0.25, 0.3) is 5.56 Å². The third-order valence-electron chi connectivity index (χ3n) is 5.69. The van der Waals surface area contributed by atoms with Gasteiger partial charge in [0.05, 0.1) is 12.4 Å². The molecular weight excluding hydrogens is 394 g/mol. The topological polar surface area (TPSA) is 131 Å². The van der Waals surface area contributed by atoms with E-state index in [1.54, 1.807) is 11.5 Å². The van der Waals surface area contributed by atoms with Crippen molar-refractivity contribution >= 4 is 31.3 Å². The molecule has 11 heteroatoms. The molecule has 2 aromatic heterocycles. The van der Waals surface area contributed by atoms with E-state index in [9.17, 15) is 14.7 Å². The Bertz CT molecular complexity index is 979. The number of aromatic nitrogens is 4. The molecule has 0 aromatic carbocycles. The zero-order valence-corrected chi connectivity index (χ0v) is 18.8. The average Bonchev–Trinajstić information content (AvgIpc) is 3.09. The van der Waals surface area contributed by atoms with Crippen molar-refractivity contribution in [2.45, 2.75) is 77.3 Å². The standard InChI is InChI=1S/C18H29N5O5Si/c1-9-12(25)13(28-29(6,7)18(3,4)5)16(27-9)23-8-19-11-14(23)21-17(20-10(2)24)22-15(11)26/h8-9,12-13,16,25H,1-7H3,(H2,20,21,22,24,26)/t9-,12?,13+,16-/m1/s1. The molecular formula is C18H29N5O5Si. The van der Waals surface area contributed by atoms with E-state index in [4.69, 9.17) is 9.16 Å². The lowest BCUT2D eigenvalue weighted by molar-refractivity contribution is -0.114. The first-order valence-corrected chi connectivity index (χ1v) is 12.5. The van der Waals surface area contributed by atoms with Crippen molar-refractivity contribution in [3.8, 4) is 0 Å². The summed E-state index contributed by atoms with van der Waals surface area (Å²) >= 11 is 0. The summed E-state index contributed by atoms with van der Waals surface area (Å²) < 4.78 is 14.1. The normalized spacial score (nSPS) is 25.5. The molecule has 29 heavy (non-hydrogen) atoms. The molecule has 3 rings (SSSR count). The Morgan fingerprint density at radius 1 is 1.41 bits per heavy atom. The van der Waals surface area contributed by atoms with Crippen LogP contribution in [-0.4, -0.2) is 57.2 Å². The number of H-pyrrole nitrogens is 1. The number of nitrogens with one attached hydrogen (secondary N) is 2. The first kappa shape index (κ1) is 21.6. The number of aliphatic hydroxyl groups excluding tert-OH is 1. The Kier molecular flexibility index (Phi) is 5.45. The highest BCUT2D eigenvalue weighted by molar-refractivity contribution is 6.74. The monoisotopic (exact) mass is 423 g/mol. The molecule has 0 aliphatic carbocycles. The van der Waals surface area contributed by atoms with E-state index in [-0.39, 0.29) is 28.1 Å².